The van der Waals surface area contributed by atoms with Gasteiger partial charge >= 0.3 is 7.82 Å². The third-order valence-corrected chi connectivity index (χ3v) is 7.73. The monoisotopic (exact) mass is 577 g/mol. The third kappa shape index (κ3) is 25.9. The number of likely N-dealkylation sites (N-methyl/N-ethyl adjacent to an activating group) is 1. The maximum absolute atomic E-state index is 12.6. The van der Waals surface area contributed by atoms with E-state index in [2.05, 4.69) is 31.3 Å². The summed E-state index contributed by atoms with van der Waals surface area (Å²) in [6, 6.07) is -0.755. The van der Waals surface area contributed by atoms with E-state index in [0.717, 1.165) is 57.8 Å². The summed E-state index contributed by atoms with van der Waals surface area (Å²) in [4.78, 5) is 22.7. The molecule has 0 heterocycles. The van der Waals surface area contributed by atoms with Gasteiger partial charge in [-0.25, -0.2) is 4.57 Å². The van der Waals surface area contributed by atoms with Crippen LogP contribution in [0.1, 0.15) is 123 Å². The average molecular weight is 578 g/mol. The summed E-state index contributed by atoms with van der Waals surface area (Å²) in [5.74, 6) is -0.163. The minimum absolute atomic E-state index is 0.0733. The minimum atomic E-state index is -4.29. The summed E-state index contributed by atoms with van der Waals surface area (Å²) in [6.07, 6.45) is 21.1. The molecule has 8 nitrogen and oxygen atoms in total. The highest BCUT2D eigenvalue weighted by Gasteiger charge is 2.28. The van der Waals surface area contributed by atoms with Gasteiger partial charge in [-0.05, 0) is 32.1 Å². The van der Waals surface area contributed by atoms with Gasteiger partial charge in [0.1, 0.15) is 13.2 Å². The van der Waals surface area contributed by atoms with Gasteiger partial charge in [-0.2, -0.15) is 0 Å². The number of unbranched alkanes of at least 4 members (excludes halogenated alkanes) is 12. The zero-order valence-electron chi connectivity index (χ0n) is 25.9. The quantitative estimate of drug-likeness (QED) is 0.0425. The summed E-state index contributed by atoms with van der Waals surface area (Å²) in [6.45, 7) is 4.73. The summed E-state index contributed by atoms with van der Waals surface area (Å²) >= 11 is 0. The predicted molar refractivity (Wildman–Crippen MR) is 162 cm³/mol. The van der Waals surface area contributed by atoms with Gasteiger partial charge in [0.25, 0.3) is 0 Å². The molecule has 3 N–H and O–H groups in total. The van der Waals surface area contributed by atoms with Crippen molar-refractivity contribution in [3.63, 3.8) is 0 Å². The molecule has 39 heavy (non-hydrogen) atoms. The molecule has 0 aromatic carbocycles. The lowest BCUT2D eigenvalue weighted by Gasteiger charge is -2.26. The molecule has 0 aliphatic rings. The Hall–Kier alpha value is -0.760. The zero-order chi connectivity index (χ0) is 29.4. The van der Waals surface area contributed by atoms with Crippen LogP contribution in [0.3, 0.4) is 0 Å². The van der Waals surface area contributed by atoms with E-state index >= 15 is 0 Å². The number of quaternary nitrogens is 1. The number of rotatable bonds is 27. The van der Waals surface area contributed by atoms with Crippen LogP contribution in [0.15, 0.2) is 12.2 Å². The van der Waals surface area contributed by atoms with Crippen LogP contribution >= 0.6 is 7.82 Å². The number of amides is 1. The fourth-order valence-electron chi connectivity index (χ4n) is 4.16. The summed E-state index contributed by atoms with van der Waals surface area (Å²) in [5, 5.41) is 13.7. The van der Waals surface area contributed by atoms with Gasteiger partial charge in [-0.1, -0.05) is 96.6 Å². The Morgan fingerprint density at radius 2 is 1.44 bits per heavy atom. The first kappa shape index (κ1) is 38.2. The van der Waals surface area contributed by atoms with Crippen molar-refractivity contribution in [3.05, 3.63) is 12.2 Å². The number of phosphoric ester groups is 1. The van der Waals surface area contributed by atoms with Crippen LogP contribution in [-0.2, 0) is 18.4 Å². The number of carbonyl (C=O) groups is 1. The summed E-state index contributed by atoms with van der Waals surface area (Å²) < 4.78 is 23.3. The van der Waals surface area contributed by atoms with Crippen LogP contribution < -0.4 is 5.32 Å². The Morgan fingerprint density at radius 3 is 2.08 bits per heavy atom. The van der Waals surface area contributed by atoms with E-state index in [-0.39, 0.29) is 19.1 Å². The van der Waals surface area contributed by atoms with Gasteiger partial charge in [0.15, 0.2) is 0 Å². The standard InChI is InChI=1S/C30H61N2O6P/c1-6-8-10-12-14-15-16-18-20-22-24-30(34)31-28(29(33)23-21-19-17-13-11-9-7-2)27-38-39(35,36)37-26-25-32(3,4)5/h10,12,28-29,33H,6-9,11,13-27H2,1-5H3,(H-,31,34,35,36)/p+1/b12-10-. The molecule has 232 valence electrons. The van der Waals surface area contributed by atoms with E-state index in [1.54, 1.807) is 0 Å². The number of nitrogens with one attached hydrogen (secondary N) is 1. The van der Waals surface area contributed by atoms with Crippen molar-refractivity contribution in [1.82, 2.24) is 5.32 Å². The number of hydrogen-bond donors (Lipinski definition) is 3. The Balaban J connectivity index is 4.58. The Labute approximate surface area is 240 Å². The van der Waals surface area contributed by atoms with Crippen LogP contribution in [-0.4, -0.2) is 73.4 Å². The molecular formula is C30H62N2O6P+. The molecule has 0 aliphatic heterocycles. The van der Waals surface area contributed by atoms with Crippen molar-refractivity contribution in [2.24, 2.45) is 0 Å². The maximum atomic E-state index is 12.6. The van der Waals surface area contributed by atoms with E-state index in [1.165, 1.54) is 38.5 Å². The van der Waals surface area contributed by atoms with Gasteiger partial charge in [-0.15, -0.1) is 0 Å². The molecule has 0 aromatic rings. The summed E-state index contributed by atoms with van der Waals surface area (Å²) in [5.41, 5.74) is 0. The Kier molecular flexibility index (Phi) is 23.4. The molecule has 0 fully saturated rings. The third-order valence-electron chi connectivity index (χ3n) is 6.74. The minimum Gasteiger partial charge on any atom is -0.391 e. The van der Waals surface area contributed by atoms with Crippen LogP contribution in [0, 0.1) is 0 Å². The Bertz CT molecular complexity index is 668. The normalized spacial score (nSPS) is 15.4. The molecule has 0 spiro atoms. The lowest BCUT2D eigenvalue weighted by atomic mass is 10.0. The highest BCUT2D eigenvalue weighted by atomic mass is 31.2. The second-order valence-electron chi connectivity index (χ2n) is 11.8. The number of allylic oxidation sites excluding steroid dienone is 2. The molecule has 0 saturated carbocycles. The molecule has 0 radical (unpaired) electrons. The highest BCUT2D eigenvalue weighted by Crippen LogP contribution is 2.43. The first-order valence-corrected chi connectivity index (χ1v) is 17.0. The van der Waals surface area contributed by atoms with Crippen molar-refractivity contribution in [1.29, 1.82) is 0 Å². The van der Waals surface area contributed by atoms with Gasteiger partial charge in [-0.3, -0.25) is 13.8 Å². The zero-order valence-corrected chi connectivity index (χ0v) is 26.8. The largest absolute Gasteiger partial charge is 0.472 e. The second kappa shape index (κ2) is 23.9. The van der Waals surface area contributed by atoms with Gasteiger partial charge in [0.05, 0.1) is 39.9 Å². The first-order chi connectivity index (χ1) is 18.5. The molecule has 3 unspecified atom stereocenters. The molecule has 0 rings (SSSR count). The van der Waals surface area contributed by atoms with Gasteiger partial charge in [0.2, 0.25) is 5.91 Å². The molecular weight excluding hydrogens is 515 g/mol. The number of aliphatic hydroxyl groups excluding tert-OH is 1. The topological polar surface area (TPSA) is 105 Å². The van der Waals surface area contributed by atoms with E-state index < -0.39 is 20.0 Å². The van der Waals surface area contributed by atoms with Crippen molar-refractivity contribution < 1.29 is 32.9 Å². The van der Waals surface area contributed by atoms with E-state index in [9.17, 15) is 19.4 Å². The van der Waals surface area contributed by atoms with Crippen molar-refractivity contribution in [3.8, 4) is 0 Å². The van der Waals surface area contributed by atoms with Gasteiger partial charge in [0, 0.05) is 6.42 Å². The highest BCUT2D eigenvalue weighted by molar-refractivity contribution is 7.47. The summed E-state index contributed by atoms with van der Waals surface area (Å²) in [7, 11) is 1.60. The molecule has 0 bridgehead atoms. The molecule has 1 amide bonds. The maximum Gasteiger partial charge on any atom is 0.472 e. The molecule has 0 aromatic heterocycles. The molecule has 0 saturated heterocycles. The van der Waals surface area contributed by atoms with Crippen LogP contribution in [0.2, 0.25) is 0 Å². The van der Waals surface area contributed by atoms with E-state index in [4.69, 9.17) is 9.05 Å². The lowest BCUT2D eigenvalue weighted by Crippen LogP contribution is -2.46. The first-order valence-electron chi connectivity index (χ1n) is 15.6. The van der Waals surface area contributed by atoms with Crippen molar-refractivity contribution >= 4 is 13.7 Å². The fourth-order valence-corrected chi connectivity index (χ4v) is 4.90. The van der Waals surface area contributed by atoms with Crippen molar-refractivity contribution in [2.75, 3.05) is 40.9 Å². The number of nitrogens with zero attached hydrogens (tertiary/aromatic N) is 1. The van der Waals surface area contributed by atoms with Crippen LogP contribution in [0.4, 0.5) is 0 Å². The number of hydrogen-bond acceptors (Lipinski definition) is 5. The van der Waals surface area contributed by atoms with E-state index in [1.807, 2.05) is 21.1 Å². The van der Waals surface area contributed by atoms with E-state index in [0.29, 0.717) is 23.9 Å². The molecule has 0 aliphatic carbocycles. The predicted octanol–water partition coefficient (Wildman–Crippen LogP) is 6.90. The van der Waals surface area contributed by atoms with Crippen LogP contribution in [0.25, 0.3) is 0 Å². The van der Waals surface area contributed by atoms with Gasteiger partial charge < -0.3 is 19.8 Å². The molecule has 3 atom stereocenters. The number of phosphoric acid groups is 1. The van der Waals surface area contributed by atoms with Crippen LogP contribution in [0.5, 0.6) is 0 Å². The average Bonchev–Trinajstić information content (AvgIpc) is 2.86. The lowest BCUT2D eigenvalue weighted by molar-refractivity contribution is -0.870. The molecule has 9 heteroatoms. The SMILES string of the molecule is CCC/C=C\CCCCCCCC(=O)NC(COP(=O)(O)OCC[N+](C)(C)C)C(O)CCCCCCCCC. The van der Waals surface area contributed by atoms with Crippen molar-refractivity contribution in [2.45, 2.75) is 135 Å². The smallest absolute Gasteiger partial charge is 0.391 e. The second-order valence-corrected chi connectivity index (χ2v) is 13.3. The Morgan fingerprint density at radius 1 is 0.846 bits per heavy atom. The number of aliphatic hydroxyl groups is 1. The fraction of sp³-hybridized carbons (Fsp3) is 0.900. The number of carbonyl (C=O) groups excluding carboxylic acids is 1.